The largest absolute Gasteiger partial charge is 0.416 e. The van der Waals surface area contributed by atoms with Gasteiger partial charge in [-0.3, -0.25) is 9.59 Å². The Morgan fingerprint density at radius 1 is 1.20 bits per heavy atom. The summed E-state index contributed by atoms with van der Waals surface area (Å²) in [4.78, 5) is 25.0. The highest BCUT2D eigenvalue weighted by Gasteiger charge is 2.40. The molecule has 1 saturated carbocycles. The molecule has 0 N–H and O–H groups in total. The van der Waals surface area contributed by atoms with Crippen LogP contribution in [0.25, 0.3) is 0 Å². The molecule has 0 atom stereocenters. The Bertz CT molecular complexity index is 591. The van der Waals surface area contributed by atoms with Crippen molar-refractivity contribution in [3.63, 3.8) is 0 Å². The van der Waals surface area contributed by atoms with Crippen molar-refractivity contribution in [2.24, 2.45) is 5.92 Å². The normalized spacial score (nSPS) is 19.2. The van der Waals surface area contributed by atoms with Gasteiger partial charge in [0.2, 0.25) is 0 Å². The van der Waals surface area contributed by atoms with Crippen LogP contribution in [-0.4, -0.2) is 18.2 Å². The Labute approximate surface area is 113 Å². The van der Waals surface area contributed by atoms with Crippen LogP contribution in [-0.2, 0) is 11.0 Å². The molecule has 2 aliphatic rings. The van der Waals surface area contributed by atoms with Gasteiger partial charge in [0.1, 0.15) is 0 Å². The Balaban J connectivity index is 1.96. The highest BCUT2D eigenvalue weighted by atomic mass is 19.4. The lowest BCUT2D eigenvalue weighted by Gasteiger charge is -2.30. The molecule has 1 amide bonds. The number of benzene rings is 1. The SMILES string of the molecule is O=C1C(=O)N(CC2CCC2)c2ccc(C(F)(F)F)cc21. The van der Waals surface area contributed by atoms with E-state index in [1.165, 1.54) is 11.0 Å². The number of alkyl halides is 3. The summed E-state index contributed by atoms with van der Waals surface area (Å²) in [5, 5.41) is 0. The smallest absolute Gasteiger partial charge is 0.304 e. The predicted octanol–water partition coefficient (Wildman–Crippen LogP) is 3.03. The van der Waals surface area contributed by atoms with E-state index in [1.807, 2.05) is 0 Å². The number of anilines is 1. The van der Waals surface area contributed by atoms with Gasteiger partial charge >= 0.3 is 6.18 Å². The maximum atomic E-state index is 12.6. The number of amides is 1. The number of nitrogens with zero attached hydrogens (tertiary/aromatic N) is 1. The number of rotatable bonds is 2. The molecule has 0 aromatic heterocycles. The second-order valence-corrected chi connectivity index (χ2v) is 5.27. The van der Waals surface area contributed by atoms with Crippen molar-refractivity contribution in [3.05, 3.63) is 29.3 Å². The zero-order chi connectivity index (χ0) is 14.5. The molecule has 0 radical (unpaired) electrons. The molecule has 0 unspecified atom stereocenters. The highest BCUT2D eigenvalue weighted by molar-refractivity contribution is 6.52. The molecule has 106 valence electrons. The third-order valence-corrected chi connectivity index (χ3v) is 3.96. The molecule has 1 fully saturated rings. The summed E-state index contributed by atoms with van der Waals surface area (Å²) in [6.45, 7) is 0.420. The fraction of sp³-hybridized carbons (Fsp3) is 0.429. The summed E-state index contributed by atoms with van der Waals surface area (Å²) >= 11 is 0. The molecule has 1 aliphatic heterocycles. The number of carbonyl (C=O) groups is 2. The van der Waals surface area contributed by atoms with Crippen molar-refractivity contribution >= 4 is 17.4 Å². The van der Waals surface area contributed by atoms with E-state index in [9.17, 15) is 22.8 Å². The van der Waals surface area contributed by atoms with Gasteiger partial charge in [0.15, 0.2) is 0 Å². The molecule has 1 aliphatic carbocycles. The van der Waals surface area contributed by atoms with E-state index in [0.717, 1.165) is 31.4 Å². The van der Waals surface area contributed by atoms with Crippen molar-refractivity contribution in [1.29, 1.82) is 0 Å². The second kappa shape index (κ2) is 4.33. The Morgan fingerprint density at radius 3 is 2.45 bits per heavy atom. The first-order valence-corrected chi connectivity index (χ1v) is 6.45. The third-order valence-electron chi connectivity index (χ3n) is 3.96. The maximum Gasteiger partial charge on any atom is 0.416 e. The van der Waals surface area contributed by atoms with Gasteiger partial charge in [-0.15, -0.1) is 0 Å². The quantitative estimate of drug-likeness (QED) is 0.782. The van der Waals surface area contributed by atoms with Crippen LogP contribution in [0, 0.1) is 5.92 Å². The molecule has 0 spiro atoms. The van der Waals surface area contributed by atoms with Crippen LogP contribution in [0.5, 0.6) is 0 Å². The average molecular weight is 283 g/mol. The van der Waals surface area contributed by atoms with Gasteiger partial charge in [0.25, 0.3) is 11.7 Å². The Kier molecular flexibility index (Phi) is 2.84. The van der Waals surface area contributed by atoms with Crippen molar-refractivity contribution < 1.29 is 22.8 Å². The minimum atomic E-state index is -4.51. The first-order valence-electron chi connectivity index (χ1n) is 6.45. The van der Waals surface area contributed by atoms with Crippen LogP contribution < -0.4 is 4.90 Å². The predicted molar refractivity (Wildman–Crippen MR) is 65.5 cm³/mol. The molecule has 1 heterocycles. The van der Waals surface area contributed by atoms with Gasteiger partial charge in [0, 0.05) is 6.54 Å². The van der Waals surface area contributed by atoms with Crippen LogP contribution >= 0.6 is 0 Å². The van der Waals surface area contributed by atoms with E-state index >= 15 is 0 Å². The standard InChI is InChI=1S/C14H12F3NO2/c15-14(16,17)9-4-5-11-10(6-9)12(19)13(20)18(11)7-8-2-1-3-8/h4-6,8H,1-3,7H2. The second-order valence-electron chi connectivity index (χ2n) is 5.27. The summed E-state index contributed by atoms with van der Waals surface area (Å²) < 4.78 is 37.9. The Morgan fingerprint density at radius 2 is 1.90 bits per heavy atom. The fourth-order valence-corrected chi connectivity index (χ4v) is 2.59. The first kappa shape index (κ1) is 13.1. The van der Waals surface area contributed by atoms with Crippen molar-refractivity contribution in [3.8, 4) is 0 Å². The van der Waals surface area contributed by atoms with Crippen molar-refractivity contribution in [1.82, 2.24) is 0 Å². The first-order chi connectivity index (χ1) is 9.38. The van der Waals surface area contributed by atoms with E-state index in [2.05, 4.69) is 0 Å². The van der Waals surface area contributed by atoms with Crippen LogP contribution in [0.3, 0.4) is 0 Å². The summed E-state index contributed by atoms with van der Waals surface area (Å²) in [7, 11) is 0. The van der Waals surface area contributed by atoms with Gasteiger partial charge < -0.3 is 4.90 Å². The lowest BCUT2D eigenvalue weighted by Crippen LogP contribution is -2.36. The van der Waals surface area contributed by atoms with Crippen LogP contribution in [0.4, 0.5) is 18.9 Å². The van der Waals surface area contributed by atoms with Gasteiger partial charge in [-0.25, -0.2) is 0 Å². The molecular weight excluding hydrogens is 271 g/mol. The highest BCUT2D eigenvalue weighted by Crippen LogP contribution is 2.37. The number of hydrogen-bond donors (Lipinski definition) is 0. The maximum absolute atomic E-state index is 12.6. The summed E-state index contributed by atoms with van der Waals surface area (Å²) in [6, 6.07) is 2.91. The molecule has 1 aromatic rings. The monoisotopic (exact) mass is 283 g/mol. The van der Waals surface area contributed by atoms with Gasteiger partial charge in [-0.1, -0.05) is 6.42 Å². The van der Waals surface area contributed by atoms with E-state index in [1.54, 1.807) is 0 Å². The number of hydrogen-bond acceptors (Lipinski definition) is 2. The van der Waals surface area contributed by atoms with Crippen LogP contribution in [0.2, 0.25) is 0 Å². The summed E-state index contributed by atoms with van der Waals surface area (Å²) in [5.74, 6) is -1.21. The van der Waals surface area contributed by atoms with Crippen LogP contribution in [0.1, 0.15) is 35.2 Å². The van der Waals surface area contributed by atoms with Gasteiger partial charge in [-0.05, 0) is 37.0 Å². The number of ketones is 1. The third kappa shape index (κ3) is 1.99. The van der Waals surface area contributed by atoms with Crippen LogP contribution in [0.15, 0.2) is 18.2 Å². The molecule has 3 rings (SSSR count). The minimum absolute atomic E-state index is 0.135. The summed E-state index contributed by atoms with van der Waals surface area (Å²) in [6.07, 6.45) is -1.43. The summed E-state index contributed by atoms with van der Waals surface area (Å²) in [5.41, 5.74) is -0.730. The van der Waals surface area contributed by atoms with E-state index in [0.29, 0.717) is 18.2 Å². The lowest BCUT2D eigenvalue weighted by atomic mass is 9.85. The molecule has 1 aromatic carbocycles. The molecule has 3 nitrogen and oxygen atoms in total. The van der Waals surface area contributed by atoms with E-state index in [4.69, 9.17) is 0 Å². The molecule has 20 heavy (non-hydrogen) atoms. The zero-order valence-electron chi connectivity index (χ0n) is 10.5. The fourth-order valence-electron chi connectivity index (χ4n) is 2.59. The topological polar surface area (TPSA) is 37.4 Å². The molecule has 0 bridgehead atoms. The van der Waals surface area contributed by atoms with Crippen molar-refractivity contribution in [2.75, 3.05) is 11.4 Å². The van der Waals surface area contributed by atoms with Gasteiger partial charge in [0.05, 0.1) is 16.8 Å². The van der Waals surface area contributed by atoms with E-state index in [-0.39, 0.29) is 5.56 Å². The van der Waals surface area contributed by atoms with Crippen molar-refractivity contribution in [2.45, 2.75) is 25.4 Å². The lowest BCUT2D eigenvalue weighted by molar-refractivity contribution is -0.137. The average Bonchev–Trinajstić information content (AvgIpc) is 2.56. The molecule has 0 saturated heterocycles. The zero-order valence-corrected chi connectivity index (χ0v) is 10.5. The number of Topliss-reactive ketones (excluding diaryl/α,β-unsaturated/α-hetero) is 1. The minimum Gasteiger partial charge on any atom is -0.304 e. The number of halogens is 3. The van der Waals surface area contributed by atoms with E-state index < -0.39 is 23.4 Å². The number of fused-ring (bicyclic) bond motifs is 1. The molecule has 6 heteroatoms. The Hall–Kier alpha value is -1.85. The number of carbonyl (C=O) groups excluding carboxylic acids is 2. The molecular formula is C14H12F3NO2. The van der Waals surface area contributed by atoms with Gasteiger partial charge in [-0.2, -0.15) is 13.2 Å².